The van der Waals surface area contributed by atoms with Gasteiger partial charge < -0.3 is 20.3 Å². The van der Waals surface area contributed by atoms with Gasteiger partial charge in [-0.2, -0.15) is 0 Å². The third-order valence-electron chi connectivity index (χ3n) is 4.70. The number of ether oxygens (including phenoxy) is 1. The molecule has 1 saturated heterocycles. The average molecular weight is 382 g/mol. The van der Waals surface area contributed by atoms with Crippen molar-refractivity contribution in [2.45, 2.75) is 58.0 Å². The summed E-state index contributed by atoms with van der Waals surface area (Å²) in [4.78, 5) is 11.6. The first-order valence-electron chi connectivity index (χ1n) is 9.55. The molecule has 0 radical (unpaired) electrons. The molecule has 26 heavy (non-hydrogen) atoms. The lowest BCUT2D eigenvalue weighted by Crippen LogP contribution is -2.48. The van der Waals surface area contributed by atoms with Crippen molar-refractivity contribution in [1.82, 2.24) is 20.5 Å². The van der Waals surface area contributed by atoms with Crippen LogP contribution in [0.3, 0.4) is 0 Å². The molecule has 6 nitrogen and oxygen atoms in total. The standard InChI is InChI=1S/C19H35N5OS/c1-19(2,3)16-14-26-17(23-16)13-21-18(20-4)22-15-7-10-24(11-8-15)9-6-12-25-5/h14-15H,6-13H2,1-5H3,(H2,20,21,22). The first-order valence-corrected chi connectivity index (χ1v) is 10.4. The number of hydrogen-bond donors (Lipinski definition) is 2. The van der Waals surface area contributed by atoms with E-state index in [4.69, 9.17) is 9.72 Å². The summed E-state index contributed by atoms with van der Waals surface area (Å²) >= 11 is 1.71. The van der Waals surface area contributed by atoms with Crippen LogP contribution in [-0.2, 0) is 16.7 Å². The molecule has 0 amide bonds. The summed E-state index contributed by atoms with van der Waals surface area (Å²) in [5, 5.41) is 10.2. The fraction of sp³-hybridized carbons (Fsp3) is 0.789. The van der Waals surface area contributed by atoms with E-state index in [1.54, 1.807) is 18.4 Å². The molecule has 0 spiro atoms. The van der Waals surface area contributed by atoms with Crippen LogP contribution in [0.1, 0.15) is 50.7 Å². The Morgan fingerprint density at radius 2 is 2.12 bits per heavy atom. The second-order valence-corrected chi connectivity index (χ2v) is 8.85. The highest BCUT2D eigenvalue weighted by molar-refractivity contribution is 7.09. The van der Waals surface area contributed by atoms with Gasteiger partial charge in [-0.05, 0) is 19.3 Å². The number of nitrogens with zero attached hydrogens (tertiary/aromatic N) is 3. The van der Waals surface area contributed by atoms with E-state index in [0.717, 1.165) is 68.7 Å². The number of nitrogens with one attached hydrogen (secondary N) is 2. The van der Waals surface area contributed by atoms with E-state index < -0.39 is 0 Å². The number of piperidine rings is 1. The second-order valence-electron chi connectivity index (χ2n) is 7.91. The highest BCUT2D eigenvalue weighted by Gasteiger charge is 2.20. The molecular weight excluding hydrogens is 346 g/mol. The zero-order valence-electron chi connectivity index (χ0n) is 17.0. The van der Waals surface area contributed by atoms with Gasteiger partial charge in [0, 0.05) is 57.2 Å². The Labute approximate surface area is 162 Å². The number of guanidine groups is 1. The van der Waals surface area contributed by atoms with Crippen LogP contribution in [0, 0.1) is 0 Å². The van der Waals surface area contributed by atoms with Crippen molar-refractivity contribution in [2.24, 2.45) is 4.99 Å². The first-order chi connectivity index (χ1) is 12.4. The fourth-order valence-electron chi connectivity index (χ4n) is 3.02. The Morgan fingerprint density at radius 1 is 1.38 bits per heavy atom. The van der Waals surface area contributed by atoms with Gasteiger partial charge in [-0.15, -0.1) is 11.3 Å². The summed E-state index contributed by atoms with van der Waals surface area (Å²) in [5.41, 5.74) is 1.26. The number of aliphatic imine (C=N–C) groups is 1. The minimum absolute atomic E-state index is 0.103. The molecule has 2 heterocycles. The summed E-state index contributed by atoms with van der Waals surface area (Å²) in [6.07, 6.45) is 3.42. The quantitative estimate of drug-likeness (QED) is 0.432. The summed E-state index contributed by atoms with van der Waals surface area (Å²) < 4.78 is 5.14. The lowest BCUT2D eigenvalue weighted by molar-refractivity contribution is 0.155. The molecule has 0 saturated carbocycles. The molecule has 7 heteroatoms. The van der Waals surface area contributed by atoms with Gasteiger partial charge in [0.25, 0.3) is 0 Å². The van der Waals surface area contributed by atoms with E-state index in [1.807, 2.05) is 7.05 Å². The molecule has 148 valence electrons. The first kappa shape index (κ1) is 21.1. The molecule has 0 aromatic carbocycles. The van der Waals surface area contributed by atoms with Gasteiger partial charge in [-0.3, -0.25) is 4.99 Å². The molecule has 1 aliphatic heterocycles. The number of methoxy groups -OCH3 is 1. The van der Waals surface area contributed by atoms with Crippen LogP contribution in [0.25, 0.3) is 0 Å². The predicted octanol–water partition coefficient (Wildman–Crippen LogP) is 2.61. The number of thiazole rings is 1. The van der Waals surface area contributed by atoms with Gasteiger partial charge in [0.2, 0.25) is 0 Å². The van der Waals surface area contributed by atoms with Crippen LogP contribution in [-0.4, -0.2) is 62.3 Å². The lowest BCUT2D eigenvalue weighted by Gasteiger charge is -2.33. The molecule has 1 fully saturated rings. The van der Waals surface area contributed by atoms with Crippen LogP contribution in [0.4, 0.5) is 0 Å². The molecule has 1 aliphatic rings. The van der Waals surface area contributed by atoms with Crippen molar-refractivity contribution in [3.05, 3.63) is 16.1 Å². The predicted molar refractivity (Wildman–Crippen MR) is 110 cm³/mol. The van der Waals surface area contributed by atoms with E-state index in [0.29, 0.717) is 6.04 Å². The van der Waals surface area contributed by atoms with Crippen LogP contribution in [0.2, 0.25) is 0 Å². The van der Waals surface area contributed by atoms with Crippen LogP contribution in [0.5, 0.6) is 0 Å². The number of hydrogen-bond acceptors (Lipinski definition) is 5. The van der Waals surface area contributed by atoms with Gasteiger partial charge in [0.1, 0.15) is 5.01 Å². The maximum Gasteiger partial charge on any atom is 0.191 e. The summed E-state index contributed by atoms with van der Waals surface area (Å²) in [5.74, 6) is 0.871. The molecular formula is C19H35N5OS. The van der Waals surface area contributed by atoms with Crippen LogP contribution < -0.4 is 10.6 Å². The van der Waals surface area contributed by atoms with Gasteiger partial charge in [-0.1, -0.05) is 20.8 Å². The van der Waals surface area contributed by atoms with E-state index in [2.05, 4.69) is 46.7 Å². The number of likely N-dealkylation sites (tertiary alicyclic amines) is 1. The molecule has 0 aliphatic carbocycles. The molecule has 1 aromatic heterocycles. The summed E-state index contributed by atoms with van der Waals surface area (Å²) in [6.45, 7) is 11.6. The highest BCUT2D eigenvalue weighted by Crippen LogP contribution is 2.23. The van der Waals surface area contributed by atoms with Crippen LogP contribution >= 0.6 is 11.3 Å². The van der Waals surface area contributed by atoms with Crippen molar-refractivity contribution in [2.75, 3.05) is 40.4 Å². The molecule has 2 rings (SSSR count). The van der Waals surface area contributed by atoms with Crippen molar-refractivity contribution < 1.29 is 4.74 Å². The van der Waals surface area contributed by atoms with Crippen molar-refractivity contribution in [3.63, 3.8) is 0 Å². The van der Waals surface area contributed by atoms with E-state index in [-0.39, 0.29) is 5.41 Å². The maximum absolute atomic E-state index is 5.14. The largest absolute Gasteiger partial charge is 0.385 e. The third kappa shape index (κ3) is 6.85. The average Bonchev–Trinajstić information content (AvgIpc) is 3.09. The van der Waals surface area contributed by atoms with Crippen molar-refractivity contribution >= 4 is 17.3 Å². The normalized spacial score (nSPS) is 17.5. The Kier molecular flexibility index (Phi) is 8.31. The summed E-state index contributed by atoms with van der Waals surface area (Å²) in [6, 6.07) is 0.487. The van der Waals surface area contributed by atoms with Crippen molar-refractivity contribution in [3.8, 4) is 0 Å². The Hall–Kier alpha value is -1.18. The van der Waals surface area contributed by atoms with Gasteiger partial charge in [0.05, 0.1) is 12.2 Å². The summed E-state index contributed by atoms with van der Waals surface area (Å²) in [7, 11) is 3.60. The zero-order chi connectivity index (χ0) is 19.0. The van der Waals surface area contributed by atoms with Crippen LogP contribution in [0.15, 0.2) is 10.4 Å². The molecule has 0 bridgehead atoms. The second kappa shape index (κ2) is 10.2. The maximum atomic E-state index is 5.14. The molecule has 0 unspecified atom stereocenters. The fourth-order valence-corrected chi connectivity index (χ4v) is 3.98. The Balaban J connectivity index is 1.72. The third-order valence-corrected chi connectivity index (χ3v) is 5.55. The van der Waals surface area contributed by atoms with E-state index in [1.165, 1.54) is 0 Å². The van der Waals surface area contributed by atoms with Crippen molar-refractivity contribution in [1.29, 1.82) is 0 Å². The highest BCUT2D eigenvalue weighted by atomic mass is 32.1. The number of aromatic nitrogens is 1. The Morgan fingerprint density at radius 3 is 2.69 bits per heavy atom. The monoisotopic (exact) mass is 381 g/mol. The molecule has 2 N–H and O–H groups in total. The van der Waals surface area contributed by atoms with E-state index >= 15 is 0 Å². The zero-order valence-corrected chi connectivity index (χ0v) is 17.8. The lowest BCUT2D eigenvalue weighted by atomic mass is 9.93. The van der Waals surface area contributed by atoms with Gasteiger partial charge in [0.15, 0.2) is 5.96 Å². The minimum atomic E-state index is 0.103. The Bertz CT molecular complexity index is 559. The van der Waals surface area contributed by atoms with E-state index in [9.17, 15) is 0 Å². The molecule has 0 atom stereocenters. The topological polar surface area (TPSA) is 61.8 Å². The SMILES string of the molecule is CN=C(NCc1nc(C(C)(C)C)cs1)NC1CCN(CCCOC)CC1. The smallest absolute Gasteiger partial charge is 0.191 e. The minimum Gasteiger partial charge on any atom is -0.385 e. The van der Waals surface area contributed by atoms with Gasteiger partial charge >= 0.3 is 0 Å². The number of rotatable bonds is 7. The van der Waals surface area contributed by atoms with Gasteiger partial charge in [-0.25, -0.2) is 4.98 Å². The molecule has 1 aromatic rings.